The number of hydrogen-bond acceptors (Lipinski definition) is 1. The largest absolute Gasteiger partial charge is 0.416 e. The minimum atomic E-state index is -4.37. The summed E-state index contributed by atoms with van der Waals surface area (Å²) >= 11 is 6.86. The predicted octanol–water partition coefficient (Wildman–Crippen LogP) is 7.95. The molecule has 0 fully saturated rings. The van der Waals surface area contributed by atoms with E-state index in [-0.39, 0.29) is 0 Å². The van der Waals surface area contributed by atoms with Crippen LogP contribution in [0.2, 0.25) is 0 Å². The zero-order valence-electron chi connectivity index (χ0n) is 14.8. The summed E-state index contributed by atoms with van der Waals surface area (Å²) in [5.41, 5.74) is 3.26. The van der Waals surface area contributed by atoms with Gasteiger partial charge in [0.2, 0.25) is 0 Å². The predicted molar refractivity (Wildman–Crippen MR) is 115 cm³/mol. The van der Waals surface area contributed by atoms with Crippen molar-refractivity contribution in [1.82, 2.24) is 9.97 Å². The average molecular weight is 522 g/mol. The van der Waals surface area contributed by atoms with Crippen LogP contribution in [0.5, 0.6) is 0 Å². The number of H-pyrrole nitrogens is 1. The fourth-order valence-corrected chi connectivity index (χ4v) is 3.50. The third kappa shape index (κ3) is 4.31. The SMILES string of the molecule is FC(F)(F)c1ccc(-c2nc(-c3ccc(Br)cc3)c(-c3ccc(Br)cc3)[nH]2)cc1. The van der Waals surface area contributed by atoms with Gasteiger partial charge in [-0.15, -0.1) is 0 Å². The molecule has 0 aliphatic heterocycles. The number of hydrogen-bond donors (Lipinski definition) is 1. The second kappa shape index (κ2) is 7.80. The van der Waals surface area contributed by atoms with Crippen LogP contribution in [-0.2, 0) is 6.18 Å². The number of aromatic amines is 1. The van der Waals surface area contributed by atoms with Gasteiger partial charge in [-0.3, -0.25) is 0 Å². The molecule has 146 valence electrons. The maximum Gasteiger partial charge on any atom is 0.416 e. The lowest BCUT2D eigenvalue weighted by atomic mass is 10.1. The van der Waals surface area contributed by atoms with Crippen LogP contribution >= 0.6 is 31.9 Å². The summed E-state index contributed by atoms with van der Waals surface area (Å²) in [5, 5.41) is 0. The molecule has 1 N–H and O–H groups in total. The number of nitrogens with zero attached hydrogens (tertiary/aromatic N) is 1. The van der Waals surface area contributed by atoms with Gasteiger partial charge in [0.15, 0.2) is 0 Å². The highest BCUT2D eigenvalue weighted by molar-refractivity contribution is 9.10. The van der Waals surface area contributed by atoms with Gasteiger partial charge in [0.25, 0.3) is 0 Å². The Bertz CT molecular complexity index is 1070. The Hall–Kier alpha value is -2.38. The van der Waals surface area contributed by atoms with E-state index in [1.165, 1.54) is 12.1 Å². The molecule has 0 unspecified atom stereocenters. The lowest BCUT2D eigenvalue weighted by Gasteiger charge is -2.06. The van der Waals surface area contributed by atoms with Gasteiger partial charge in [-0.05, 0) is 36.4 Å². The lowest BCUT2D eigenvalue weighted by molar-refractivity contribution is -0.137. The van der Waals surface area contributed by atoms with Gasteiger partial charge >= 0.3 is 6.18 Å². The van der Waals surface area contributed by atoms with Crippen molar-refractivity contribution in [3.8, 4) is 33.9 Å². The molecular weight excluding hydrogens is 509 g/mol. The van der Waals surface area contributed by atoms with E-state index in [1.807, 2.05) is 48.5 Å². The first kappa shape index (κ1) is 19.9. The van der Waals surface area contributed by atoms with E-state index in [9.17, 15) is 13.2 Å². The van der Waals surface area contributed by atoms with E-state index in [1.54, 1.807) is 0 Å². The van der Waals surface area contributed by atoms with Crippen LogP contribution in [0.1, 0.15) is 5.56 Å². The Labute approximate surface area is 182 Å². The van der Waals surface area contributed by atoms with Crippen molar-refractivity contribution < 1.29 is 13.2 Å². The van der Waals surface area contributed by atoms with Gasteiger partial charge in [0.05, 0.1) is 17.0 Å². The van der Waals surface area contributed by atoms with Gasteiger partial charge in [0, 0.05) is 25.6 Å². The molecule has 1 heterocycles. The summed E-state index contributed by atoms with van der Waals surface area (Å²) in [6.07, 6.45) is -4.37. The molecule has 0 aliphatic rings. The Morgan fingerprint density at radius 1 is 0.655 bits per heavy atom. The molecule has 0 amide bonds. The van der Waals surface area contributed by atoms with Gasteiger partial charge in [-0.2, -0.15) is 13.2 Å². The van der Waals surface area contributed by atoms with E-state index in [0.717, 1.165) is 43.6 Å². The normalized spacial score (nSPS) is 11.6. The Morgan fingerprint density at radius 3 is 1.66 bits per heavy atom. The molecule has 4 aromatic rings. The highest BCUT2D eigenvalue weighted by Crippen LogP contribution is 2.35. The second-order valence-electron chi connectivity index (χ2n) is 6.40. The number of rotatable bonds is 3. The van der Waals surface area contributed by atoms with Crippen molar-refractivity contribution in [3.63, 3.8) is 0 Å². The van der Waals surface area contributed by atoms with Crippen molar-refractivity contribution in [2.24, 2.45) is 0 Å². The molecule has 0 saturated carbocycles. The molecule has 2 nitrogen and oxygen atoms in total. The minimum Gasteiger partial charge on any atom is -0.337 e. The van der Waals surface area contributed by atoms with E-state index < -0.39 is 11.7 Å². The highest BCUT2D eigenvalue weighted by Gasteiger charge is 2.30. The van der Waals surface area contributed by atoms with Crippen LogP contribution in [-0.4, -0.2) is 9.97 Å². The molecule has 0 atom stereocenters. The molecular formula is C22H13Br2F3N2. The zero-order valence-corrected chi connectivity index (χ0v) is 17.9. The van der Waals surface area contributed by atoms with Crippen LogP contribution in [0.3, 0.4) is 0 Å². The van der Waals surface area contributed by atoms with Crippen LogP contribution < -0.4 is 0 Å². The molecule has 3 aromatic carbocycles. The number of imidazole rings is 1. The maximum absolute atomic E-state index is 12.9. The average Bonchev–Trinajstić information content (AvgIpc) is 3.14. The van der Waals surface area contributed by atoms with Gasteiger partial charge in [-0.1, -0.05) is 68.3 Å². The lowest BCUT2D eigenvalue weighted by Crippen LogP contribution is -2.04. The number of benzene rings is 3. The standard InChI is InChI=1S/C22H13Br2F3N2/c23-17-9-3-13(4-10-17)19-20(14-5-11-18(24)12-6-14)29-21(28-19)15-1-7-16(8-2-15)22(25,26)27/h1-12H,(H,28,29). The number of alkyl halides is 3. The summed E-state index contributed by atoms with van der Waals surface area (Å²) in [6.45, 7) is 0. The quantitative estimate of drug-likeness (QED) is 0.291. The minimum absolute atomic E-state index is 0.509. The molecule has 1 aromatic heterocycles. The summed E-state index contributed by atoms with van der Waals surface area (Å²) in [4.78, 5) is 7.99. The Kier molecular flexibility index (Phi) is 5.36. The molecule has 4 rings (SSSR count). The monoisotopic (exact) mass is 520 g/mol. The first-order chi connectivity index (χ1) is 13.8. The fraction of sp³-hybridized carbons (Fsp3) is 0.0455. The topological polar surface area (TPSA) is 28.7 Å². The Morgan fingerprint density at radius 2 is 1.14 bits per heavy atom. The fourth-order valence-electron chi connectivity index (χ4n) is 2.97. The summed E-state index contributed by atoms with van der Waals surface area (Å²) in [5.74, 6) is 0.509. The van der Waals surface area contributed by atoms with Gasteiger partial charge in [0.1, 0.15) is 5.82 Å². The molecule has 0 saturated heterocycles. The van der Waals surface area contributed by atoms with Crippen LogP contribution in [0, 0.1) is 0 Å². The second-order valence-corrected chi connectivity index (χ2v) is 8.23. The molecule has 29 heavy (non-hydrogen) atoms. The van der Waals surface area contributed by atoms with Crippen molar-refractivity contribution in [2.75, 3.05) is 0 Å². The van der Waals surface area contributed by atoms with Gasteiger partial charge in [-0.25, -0.2) is 4.98 Å². The van der Waals surface area contributed by atoms with E-state index in [4.69, 9.17) is 4.98 Å². The molecule has 0 spiro atoms. The van der Waals surface area contributed by atoms with E-state index in [2.05, 4.69) is 36.8 Å². The number of halogens is 5. The molecule has 0 radical (unpaired) electrons. The first-order valence-electron chi connectivity index (χ1n) is 8.61. The van der Waals surface area contributed by atoms with Crippen molar-refractivity contribution in [3.05, 3.63) is 87.3 Å². The number of aromatic nitrogens is 2. The smallest absolute Gasteiger partial charge is 0.337 e. The molecule has 7 heteroatoms. The van der Waals surface area contributed by atoms with E-state index in [0.29, 0.717) is 11.4 Å². The molecule has 0 bridgehead atoms. The van der Waals surface area contributed by atoms with Crippen molar-refractivity contribution in [2.45, 2.75) is 6.18 Å². The van der Waals surface area contributed by atoms with Crippen molar-refractivity contribution in [1.29, 1.82) is 0 Å². The maximum atomic E-state index is 12.9. The highest BCUT2D eigenvalue weighted by atomic mass is 79.9. The van der Waals surface area contributed by atoms with Crippen molar-refractivity contribution >= 4 is 31.9 Å². The third-order valence-electron chi connectivity index (χ3n) is 4.44. The van der Waals surface area contributed by atoms with Crippen LogP contribution in [0.4, 0.5) is 13.2 Å². The summed E-state index contributed by atoms with van der Waals surface area (Å²) < 4.78 is 40.5. The van der Waals surface area contributed by atoms with E-state index >= 15 is 0 Å². The first-order valence-corrected chi connectivity index (χ1v) is 10.2. The molecule has 0 aliphatic carbocycles. The van der Waals surface area contributed by atoms with Crippen LogP contribution in [0.15, 0.2) is 81.7 Å². The summed E-state index contributed by atoms with van der Waals surface area (Å²) in [7, 11) is 0. The zero-order chi connectivity index (χ0) is 20.6. The summed E-state index contributed by atoms with van der Waals surface area (Å²) in [6, 6.07) is 20.5. The third-order valence-corrected chi connectivity index (χ3v) is 5.50. The van der Waals surface area contributed by atoms with Gasteiger partial charge < -0.3 is 4.98 Å². The Balaban J connectivity index is 1.83. The van der Waals surface area contributed by atoms with Crippen LogP contribution in [0.25, 0.3) is 33.9 Å². The number of nitrogens with one attached hydrogen (secondary N) is 1.